The van der Waals surface area contributed by atoms with Crippen LogP contribution >= 0.6 is 0 Å². The monoisotopic (exact) mass is 318 g/mol. The second-order valence-electron chi connectivity index (χ2n) is 5.63. The summed E-state index contributed by atoms with van der Waals surface area (Å²) in [6, 6.07) is 21.2. The maximum absolute atomic E-state index is 12.2. The summed E-state index contributed by atoms with van der Waals surface area (Å²) in [6.07, 6.45) is 2.63. The summed E-state index contributed by atoms with van der Waals surface area (Å²) in [7, 11) is 0. The third kappa shape index (κ3) is 3.60. The van der Waals surface area contributed by atoms with Crippen LogP contribution in [0, 0.1) is 5.21 Å². The van der Waals surface area contributed by atoms with Gasteiger partial charge in [-0.25, -0.2) is 0 Å². The molecule has 0 spiro atoms. The predicted molar refractivity (Wildman–Crippen MR) is 93.2 cm³/mol. The smallest absolute Gasteiger partial charge is 0.252 e. The molecule has 0 aliphatic heterocycles. The zero-order valence-electron chi connectivity index (χ0n) is 13.3. The Morgan fingerprint density at radius 1 is 0.917 bits per heavy atom. The van der Waals surface area contributed by atoms with Crippen molar-refractivity contribution in [2.24, 2.45) is 0 Å². The largest absolute Gasteiger partial charge is 0.619 e. The Kier molecular flexibility index (Phi) is 4.57. The van der Waals surface area contributed by atoms with Crippen molar-refractivity contribution in [1.29, 1.82) is 0 Å². The molecule has 3 aromatic rings. The second-order valence-corrected chi connectivity index (χ2v) is 5.63. The van der Waals surface area contributed by atoms with E-state index in [0.29, 0.717) is 10.3 Å². The van der Waals surface area contributed by atoms with Gasteiger partial charge in [-0.3, -0.25) is 4.79 Å². The Hall–Kier alpha value is -3.14. The number of aromatic nitrogens is 1. The minimum Gasteiger partial charge on any atom is -0.619 e. The first-order valence-electron chi connectivity index (χ1n) is 7.78. The molecule has 0 saturated heterocycles. The van der Waals surface area contributed by atoms with Gasteiger partial charge in [0.25, 0.3) is 5.91 Å². The number of nitrogens with zero attached hydrogens (tertiary/aromatic N) is 1. The molecule has 4 nitrogen and oxygen atoms in total. The minimum absolute atomic E-state index is 0.123. The van der Waals surface area contributed by atoms with E-state index in [9.17, 15) is 10.0 Å². The van der Waals surface area contributed by atoms with Crippen molar-refractivity contribution in [2.45, 2.75) is 13.0 Å². The molecule has 0 aliphatic rings. The van der Waals surface area contributed by atoms with Gasteiger partial charge in [0.05, 0.1) is 11.6 Å². The van der Waals surface area contributed by atoms with Gasteiger partial charge in [0.2, 0.25) is 0 Å². The molecule has 0 fully saturated rings. The molecule has 0 radical (unpaired) electrons. The molecule has 0 aliphatic carbocycles. The maximum Gasteiger partial charge on any atom is 0.252 e. The van der Waals surface area contributed by atoms with E-state index in [0.717, 1.165) is 16.7 Å². The first-order valence-corrected chi connectivity index (χ1v) is 7.78. The van der Waals surface area contributed by atoms with E-state index in [2.05, 4.69) is 29.6 Å². The molecular weight excluding hydrogens is 300 g/mol. The molecule has 4 heteroatoms. The Morgan fingerprint density at radius 3 is 2.12 bits per heavy atom. The molecule has 0 saturated carbocycles. The minimum atomic E-state index is -0.199. The lowest BCUT2D eigenvalue weighted by Gasteiger charge is -2.15. The number of rotatable bonds is 4. The molecule has 1 amide bonds. The fourth-order valence-corrected chi connectivity index (χ4v) is 2.52. The lowest BCUT2D eigenvalue weighted by atomic mass is 10.0. The van der Waals surface area contributed by atoms with Crippen molar-refractivity contribution < 1.29 is 9.52 Å². The summed E-state index contributed by atoms with van der Waals surface area (Å²) in [5.41, 5.74) is 3.80. The van der Waals surface area contributed by atoms with Gasteiger partial charge in [-0.2, -0.15) is 4.73 Å². The highest BCUT2D eigenvalue weighted by molar-refractivity contribution is 5.94. The van der Waals surface area contributed by atoms with Crippen LogP contribution < -0.4 is 10.0 Å². The van der Waals surface area contributed by atoms with Crippen molar-refractivity contribution in [3.8, 4) is 11.1 Å². The topological polar surface area (TPSA) is 56.0 Å². The number of benzene rings is 2. The van der Waals surface area contributed by atoms with Gasteiger partial charge in [-0.15, -0.1) is 0 Å². The fraction of sp³-hybridized carbons (Fsp3) is 0.100. The number of nitrogens with one attached hydrogen (secondary N) is 1. The Labute approximate surface area is 141 Å². The summed E-state index contributed by atoms with van der Waals surface area (Å²) in [5.74, 6) is -0.199. The van der Waals surface area contributed by atoms with Crippen molar-refractivity contribution in [2.75, 3.05) is 0 Å². The van der Waals surface area contributed by atoms with Crippen LogP contribution in [0.15, 0.2) is 79.1 Å². The average Bonchev–Trinajstić information content (AvgIpc) is 2.63. The summed E-state index contributed by atoms with van der Waals surface area (Å²) in [5, 5.41) is 14.0. The molecule has 1 aromatic heterocycles. The van der Waals surface area contributed by atoms with Gasteiger partial charge in [-0.05, 0) is 23.6 Å². The fourth-order valence-electron chi connectivity index (χ4n) is 2.52. The number of hydrogen-bond donors (Lipinski definition) is 1. The van der Waals surface area contributed by atoms with Crippen LogP contribution in [-0.4, -0.2) is 5.91 Å². The van der Waals surface area contributed by atoms with Gasteiger partial charge in [-0.1, -0.05) is 54.6 Å². The quantitative estimate of drug-likeness (QED) is 0.591. The molecule has 120 valence electrons. The molecule has 1 atom stereocenters. The van der Waals surface area contributed by atoms with E-state index in [1.807, 2.05) is 37.3 Å². The van der Waals surface area contributed by atoms with Crippen LogP contribution in [-0.2, 0) is 0 Å². The van der Waals surface area contributed by atoms with Crippen LogP contribution in [0.3, 0.4) is 0 Å². The van der Waals surface area contributed by atoms with Crippen LogP contribution in [0.5, 0.6) is 0 Å². The van der Waals surface area contributed by atoms with Crippen molar-refractivity contribution in [3.05, 3.63) is 95.5 Å². The highest BCUT2D eigenvalue weighted by Gasteiger charge is 2.12. The average molecular weight is 318 g/mol. The Morgan fingerprint density at radius 2 is 1.50 bits per heavy atom. The number of amides is 1. The van der Waals surface area contributed by atoms with E-state index in [4.69, 9.17) is 0 Å². The highest BCUT2D eigenvalue weighted by atomic mass is 16.5. The van der Waals surface area contributed by atoms with E-state index in [-0.39, 0.29) is 11.9 Å². The second kappa shape index (κ2) is 6.96. The van der Waals surface area contributed by atoms with E-state index < -0.39 is 0 Å². The molecule has 2 aromatic carbocycles. The van der Waals surface area contributed by atoms with Crippen molar-refractivity contribution >= 4 is 5.91 Å². The maximum atomic E-state index is 12.2. The summed E-state index contributed by atoms with van der Waals surface area (Å²) >= 11 is 0. The Bertz CT molecular complexity index is 813. The number of carbonyl (C=O) groups excluding carboxylic acids is 1. The summed E-state index contributed by atoms with van der Waals surface area (Å²) in [4.78, 5) is 12.2. The summed E-state index contributed by atoms with van der Waals surface area (Å²) < 4.78 is 0.655. The molecule has 0 bridgehead atoms. The lowest BCUT2D eigenvalue weighted by molar-refractivity contribution is -0.605. The van der Waals surface area contributed by atoms with Gasteiger partial charge in [0.15, 0.2) is 12.4 Å². The molecule has 1 heterocycles. The van der Waals surface area contributed by atoms with E-state index >= 15 is 0 Å². The molecule has 3 rings (SSSR count). The van der Waals surface area contributed by atoms with Gasteiger partial charge >= 0.3 is 0 Å². The van der Waals surface area contributed by atoms with Gasteiger partial charge < -0.3 is 10.5 Å². The standard InChI is InChI=1S/C20H18N2O2/c1-15(21-20(23)19-11-13-22(24)14-12-19)16-7-9-18(10-8-16)17-5-3-2-4-6-17/h2-15H,1H3,(H,21,23)/t15-/m1/s1. The summed E-state index contributed by atoms with van der Waals surface area (Å²) in [6.45, 7) is 1.94. The number of hydrogen-bond acceptors (Lipinski definition) is 2. The highest BCUT2D eigenvalue weighted by Crippen LogP contribution is 2.21. The lowest BCUT2D eigenvalue weighted by Crippen LogP contribution is -2.29. The van der Waals surface area contributed by atoms with E-state index in [1.165, 1.54) is 24.5 Å². The van der Waals surface area contributed by atoms with Crippen LogP contribution in [0.4, 0.5) is 0 Å². The molecule has 24 heavy (non-hydrogen) atoms. The van der Waals surface area contributed by atoms with Crippen molar-refractivity contribution in [3.63, 3.8) is 0 Å². The SMILES string of the molecule is C[C@@H](NC(=O)c1cc[n+]([O-])cc1)c1ccc(-c2ccccc2)cc1. The number of carbonyl (C=O) groups is 1. The van der Waals surface area contributed by atoms with Gasteiger partial charge in [0.1, 0.15) is 0 Å². The predicted octanol–water partition coefficient (Wildman–Crippen LogP) is 3.48. The zero-order valence-corrected chi connectivity index (χ0v) is 13.3. The van der Waals surface area contributed by atoms with Crippen LogP contribution in [0.25, 0.3) is 11.1 Å². The first-order chi connectivity index (χ1) is 11.6. The third-order valence-electron chi connectivity index (χ3n) is 3.93. The number of pyridine rings is 1. The third-order valence-corrected chi connectivity index (χ3v) is 3.93. The van der Waals surface area contributed by atoms with Crippen LogP contribution in [0.1, 0.15) is 28.9 Å². The Balaban J connectivity index is 1.70. The normalized spacial score (nSPS) is 11.7. The van der Waals surface area contributed by atoms with E-state index in [1.54, 1.807) is 0 Å². The molecular formula is C20H18N2O2. The van der Waals surface area contributed by atoms with Crippen molar-refractivity contribution in [1.82, 2.24) is 5.32 Å². The molecule has 0 unspecified atom stereocenters. The van der Waals surface area contributed by atoms with Crippen LogP contribution in [0.2, 0.25) is 0 Å². The first kappa shape index (κ1) is 15.7. The molecule has 1 N–H and O–H groups in total. The van der Waals surface area contributed by atoms with Gasteiger partial charge in [0, 0.05) is 12.1 Å². The zero-order chi connectivity index (χ0) is 16.9.